The first-order chi connectivity index (χ1) is 13.2. The van der Waals surface area contributed by atoms with Gasteiger partial charge in [0.2, 0.25) is 5.91 Å². The number of hydrogen-bond acceptors (Lipinski definition) is 5. The third-order valence-electron chi connectivity index (χ3n) is 4.76. The summed E-state index contributed by atoms with van der Waals surface area (Å²) in [7, 11) is 1.67. The number of hydrogen-bond donors (Lipinski definition) is 2. The maximum absolute atomic E-state index is 12.2. The average Bonchev–Trinajstić information content (AvgIpc) is 3.41. The van der Waals surface area contributed by atoms with Gasteiger partial charge in [0.05, 0.1) is 19.7 Å². The van der Waals surface area contributed by atoms with E-state index < -0.39 is 0 Å². The molecule has 0 radical (unpaired) electrons. The van der Waals surface area contributed by atoms with Gasteiger partial charge in [-0.3, -0.25) is 14.5 Å². The number of likely N-dealkylation sites (tertiary alicyclic amines) is 1. The lowest BCUT2D eigenvalue weighted by Crippen LogP contribution is -2.41. The summed E-state index contributed by atoms with van der Waals surface area (Å²) in [6.45, 7) is 2.46. The number of amides is 2. The Morgan fingerprint density at radius 1 is 1.19 bits per heavy atom. The molecule has 2 amide bonds. The molecule has 1 saturated heterocycles. The van der Waals surface area contributed by atoms with Gasteiger partial charge >= 0.3 is 0 Å². The number of para-hydroxylation sites is 1. The Bertz CT molecular complexity index is 758. The topological polar surface area (TPSA) is 70.7 Å². The molecule has 144 valence electrons. The fraction of sp³-hybridized carbons (Fsp3) is 0.400. The van der Waals surface area contributed by atoms with Crippen molar-refractivity contribution in [3.05, 3.63) is 52.2 Å². The van der Waals surface area contributed by atoms with Gasteiger partial charge in [0.1, 0.15) is 5.75 Å². The quantitative estimate of drug-likeness (QED) is 0.730. The molecule has 1 aliphatic rings. The molecule has 1 aromatic carbocycles. The summed E-state index contributed by atoms with van der Waals surface area (Å²) in [4.78, 5) is 26.6. The summed E-state index contributed by atoms with van der Waals surface area (Å²) in [5.74, 6) is 0.402. The maximum atomic E-state index is 12.2. The molecule has 0 bridgehead atoms. The van der Waals surface area contributed by atoms with Crippen LogP contribution in [0, 0.1) is 0 Å². The highest BCUT2D eigenvalue weighted by Gasteiger charge is 2.26. The van der Waals surface area contributed by atoms with E-state index >= 15 is 0 Å². The molecule has 2 aromatic rings. The van der Waals surface area contributed by atoms with E-state index in [1.54, 1.807) is 18.6 Å². The molecule has 7 heteroatoms. The Kier molecular flexibility index (Phi) is 6.84. The number of carbonyl (C=O) groups excluding carboxylic acids is 2. The van der Waals surface area contributed by atoms with Crippen LogP contribution in [0.1, 0.15) is 34.8 Å². The van der Waals surface area contributed by atoms with Crippen LogP contribution in [0.25, 0.3) is 0 Å². The molecule has 2 N–H and O–H groups in total. The van der Waals surface area contributed by atoms with Crippen molar-refractivity contribution in [2.75, 3.05) is 33.3 Å². The fourth-order valence-corrected chi connectivity index (χ4v) is 4.00. The molecule has 1 unspecified atom stereocenters. The van der Waals surface area contributed by atoms with E-state index in [0.717, 1.165) is 37.2 Å². The van der Waals surface area contributed by atoms with E-state index in [4.69, 9.17) is 4.74 Å². The highest BCUT2D eigenvalue weighted by atomic mass is 32.1. The monoisotopic (exact) mass is 387 g/mol. The number of thiophene rings is 1. The Hall–Kier alpha value is -2.38. The van der Waals surface area contributed by atoms with Crippen LogP contribution in [0.3, 0.4) is 0 Å². The van der Waals surface area contributed by atoms with Crippen molar-refractivity contribution in [1.82, 2.24) is 15.5 Å². The number of rotatable bonds is 8. The SMILES string of the molecule is COc1ccccc1C(CNC(=O)CNC(=O)c1ccsc1)N1CCCC1. The van der Waals surface area contributed by atoms with Crippen molar-refractivity contribution < 1.29 is 14.3 Å². The van der Waals surface area contributed by atoms with E-state index in [2.05, 4.69) is 15.5 Å². The standard InChI is InChI=1S/C20H25N3O3S/c1-26-18-7-3-2-6-16(18)17(23-9-4-5-10-23)12-21-19(24)13-22-20(25)15-8-11-27-14-15/h2-3,6-8,11,14,17H,4-5,9-10,12-13H2,1H3,(H,21,24)(H,22,25). The second-order valence-electron chi connectivity index (χ2n) is 6.50. The van der Waals surface area contributed by atoms with Crippen LogP contribution in [-0.4, -0.2) is 50.0 Å². The van der Waals surface area contributed by atoms with Crippen molar-refractivity contribution in [3.63, 3.8) is 0 Å². The number of carbonyl (C=O) groups is 2. The van der Waals surface area contributed by atoms with Crippen LogP contribution >= 0.6 is 11.3 Å². The van der Waals surface area contributed by atoms with Crippen molar-refractivity contribution in [2.45, 2.75) is 18.9 Å². The van der Waals surface area contributed by atoms with Crippen LogP contribution in [0.15, 0.2) is 41.1 Å². The van der Waals surface area contributed by atoms with Crippen LogP contribution in [0.5, 0.6) is 5.75 Å². The van der Waals surface area contributed by atoms with Gasteiger partial charge in [-0.15, -0.1) is 0 Å². The average molecular weight is 388 g/mol. The molecule has 27 heavy (non-hydrogen) atoms. The van der Waals surface area contributed by atoms with E-state index in [0.29, 0.717) is 12.1 Å². The first-order valence-electron chi connectivity index (χ1n) is 9.13. The minimum atomic E-state index is -0.229. The number of nitrogens with one attached hydrogen (secondary N) is 2. The molecule has 0 spiro atoms. The van der Waals surface area contributed by atoms with E-state index in [-0.39, 0.29) is 24.4 Å². The molecule has 0 saturated carbocycles. The summed E-state index contributed by atoms with van der Waals surface area (Å²) >= 11 is 1.45. The number of methoxy groups -OCH3 is 1. The van der Waals surface area contributed by atoms with Crippen LogP contribution in [0.2, 0.25) is 0 Å². The van der Waals surface area contributed by atoms with Gasteiger partial charge in [-0.25, -0.2) is 0 Å². The highest BCUT2D eigenvalue weighted by molar-refractivity contribution is 7.08. The van der Waals surface area contributed by atoms with Gasteiger partial charge in [0.25, 0.3) is 5.91 Å². The van der Waals surface area contributed by atoms with Gasteiger partial charge in [-0.2, -0.15) is 11.3 Å². The molecule has 1 aliphatic heterocycles. The lowest BCUT2D eigenvalue weighted by Gasteiger charge is -2.29. The zero-order valence-corrected chi connectivity index (χ0v) is 16.3. The normalized spacial score (nSPS) is 15.3. The Morgan fingerprint density at radius 3 is 2.67 bits per heavy atom. The molecule has 2 heterocycles. The predicted molar refractivity (Wildman–Crippen MR) is 106 cm³/mol. The fourth-order valence-electron chi connectivity index (χ4n) is 3.36. The number of benzene rings is 1. The van der Waals surface area contributed by atoms with Crippen molar-refractivity contribution >= 4 is 23.2 Å². The Labute approximate surface area is 163 Å². The first kappa shape index (κ1) is 19.4. The molecule has 1 atom stereocenters. The summed E-state index contributed by atoms with van der Waals surface area (Å²) in [5.41, 5.74) is 1.65. The van der Waals surface area contributed by atoms with Gasteiger partial charge in [-0.05, 0) is 43.4 Å². The zero-order valence-electron chi connectivity index (χ0n) is 15.4. The molecule has 0 aliphatic carbocycles. The Morgan fingerprint density at radius 2 is 1.96 bits per heavy atom. The second-order valence-corrected chi connectivity index (χ2v) is 7.28. The molecular weight excluding hydrogens is 362 g/mol. The third-order valence-corrected chi connectivity index (χ3v) is 5.45. The number of nitrogens with zero attached hydrogens (tertiary/aromatic N) is 1. The van der Waals surface area contributed by atoms with Crippen molar-refractivity contribution in [1.29, 1.82) is 0 Å². The predicted octanol–water partition coefficient (Wildman–Crippen LogP) is 2.44. The van der Waals surface area contributed by atoms with Gasteiger partial charge < -0.3 is 15.4 Å². The van der Waals surface area contributed by atoms with Gasteiger partial charge in [0, 0.05) is 23.1 Å². The van der Waals surface area contributed by atoms with Crippen LogP contribution in [0.4, 0.5) is 0 Å². The van der Waals surface area contributed by atoms with Crippen molar-refractivity contribution in [2.24, 2.45) is 0 Å². The molecule has 6 nitrogen and oxygen atoms in total. The van der Waals surface area contributed by atoms with Crippen LogP contribution < -0.4 is 15.4 Å². The largest absolute Gasteiger partial charge is 0.496 e. The van der Waals surface area contributed by atoms with Crippen LogP contribution in [-0.2, 0) is 4.79 Å². The van der Waals surface area contributed by atoms with E-state index in [9.17, 15) is 9.59 Å². The Balaban J connectivity index is 1.59. The zero-order chi connectivity index (χ0) is 19.1. The lowest BCUT2D eigenvalue weighted by atomic mass is 10.0. The van der Waals surface area contributed by atoms with Crippen molar-refractivity contribution in [3.8, 4) is 5.75 Å². The molecule has 1 fully saturated rings. The minimum absolute atomic E-state index is 0.0344. The number of ether oxygens (including phenoxy) is 1. The highest BCUT2D eigenvalue weighted by Crippen LogP contribution is 2.31. The first-order valence-corrected chi connectivity index (χ1v) is 10.1. The minimum Gasteiger partial charge on any atom is -0.496 e. The maximum Gasteiger partial charge on any atom is 0.252 e. The smallest absolute Gasteiger partial charge is 0.252 e. The summed E-state index contributed by atoms with van der Waals surface area (Å²) in [5, 5.41) is 9.22. The van der Waals surface area contributed by atoms with Gasteiger partial charge in [0.15, 0.2) is 0 Å². The summed E-state index contributed by atoms with van der Waals surface area (Å²) in [6.07, 6.45) is 2.33. The molecule has 3 rings (SSSR count). The van der Waals surface area contributed by atoms with Gasteiger partial charge in [-0.1, -0.05) is 18.2 Å². The molecular formula is C20H25N3O3S. The molecule has 1 aromatic heterocycles. The second kappa shape index (κ2) is 9.53. The summed E-state index contributed by atoms with van der Waals surface area (Å²) < 4.78 is 5.52. The third kappa shape index (κ3) is 5.08. The van der Waals surface area contributed by atoms with E-state index in [1.165, 1.54) is 11.3 Å². The summed E-state index contributed by atoms with van der Waals surface area (Å²) in [6, 6.07) is 9.72. The lowest BCUT2D eigenvalue weighted by molar-refractivity contribution is -0.120. The van der Waals surface area contributed by atoms with E-state index in [1.807, 2.05) is 29.6 Å².